The first-order chi connectivity index (χ1) is 13.6. The Bertz CT molecular complexity index is 941. The molecule has 0 bridgehead atoms. The van der Waals surface area contributed by atoms with Crippen molar-refractivity contribution in [1.29, 1.82) is 0 Å². The number of nitrogens with zero attached hydrogens (tertiary/aromatic N) is 3. The molecule has 146 valence electrons. The van der Waals surface area contributed by atoms with E-state index < -0.39 is 5.97 Å². The van der Waals surface area contributed by atoms with Gasteiger partial charge in [-0.1, -0.05) is 30.0 Å². The Labute approximate surface area is 167 Å². The number of hydrogen-bond donors (Lipinski definition) is 1. The van der Waals surface area contributed by atoms with Gasteiger partial charge in [0.1, 0.15) is 17.3 Å². The molecular formula is C20H21N3O4S. The smallest absolute Gasteiger partial charge is 0.335 e. The van der Waals surface area contributed by atoms with Crippen LogP contribution in [0.4, 0.5) is 0 Å². The molecule has 0 aliphatic rings. The Morgan fingerprint density at radius 1 is 1.14 bits per heavy atom. The monoisotopic (exact) mass is 399 g/mol. The average Bonchev–Trinajstić information content (AvgIpc) is 3.05. The van der Waals surface area contributed by atoms with E-state index in [0.717, 1.165) is 22.3 Å². The Balaban J connectivity index is 1.51. The highest BCUT2D eigenvalue weighted by molar-refractivity contribution is 7.99. The highest BCUT2D eigenvalue weighted by atomic mass is 32.2. The third kappa shape index (κ3) is 5.04. The molecule has 1 heterocycles. The summed E-state index contributed by atoms with van der Waals surface area (Å²) >= 11 is 1.54. The number of carboxylic acid groups (broad SMARTS) is 1. The second-order valence-electron chi connectivity index (χ2n) is 6.01. The van der Waals surface area contributed by atoms with Gasteiger partial charge < -0.3 is 19.1 Å². The summed E-state index contributed by atoms with van der Waals surface area (Å²) in [4.78, 5) is 11.0. The van der Waals surface area contributed by atoms with Crippen molar-refractivity contribution >= 4 is 17.7 Å². The zero-order valence-corrected chi connectivity index (χ0v) is 16.5. The van der Waals surface area contributed by atoms with Crippen molar-refractivity contribution in [3.63, 3.8) is 0 Å². The Morgan fingerprint density at radius 2 is 1.93 bits per heavy atom. The van der Waals surface area contributed by atoms with E-state index in [1.807, 2.05) is 35.9 Å². The van der Waals surface area contributed by atoms with E-state index in [2.05, 4.69) is 10.2 Å². The molecule has 0 radical (unpaired) electrons. The fourth-order valence-corrected chi connectivity index (χ4v) is 3.31. The van der Waals surface area contributed by atoms with Gasteiger partial charge in [-0.2, -0.15) is 0 Å². The minimum absolute atomic E-state index is 0.210. The Kier molecular flexibility index (Phi) is 6.54. The molecule has 3 aromatic rings. The molecule has 0 atom stereocenters. The van der Waals surface area contributed by atoms with Crippen LogP contribution < -0.4 is 9.47 Å². The van der Waals surface area contributed by atoms with Crippen molar-refractivity contribution in [2.75, 3.05) is 19.5 Å². The van der Waals surface area contributed by atoms with Crippen LogP contribution in [-0.2, 0) is 13.5 Å². The summed E-state index contributed by atoms with van der Waals surface area (Å²) in [5.41, 5.74) is 1.34. The molecule has 0 fully saturated rings. The van der Waals surface area contributed by atoms with Crippen LogP contribution in [0.1, 0.15) is 21.7 Å². The molecule has 0 saturated heterocycles. The topological polar surface area (TPSA) is 86.5 Å². The van der Waals surface area contributed by atoms with E-state index in [1.165, 1.54) is 12.1 Å². The first kappa shape index (κ1) is 19.8. The Morgan fingerprint density at radius 3 is 2.64 bits per heavy atom. The third-order valence-corrected chi connectivity index (χ3v) is 5.10. The number of thioether (sulfide) groups is 1. The standard InChI is InChI=1S/C20H21N3O4S/c1-23-18(12-14-6-8-16(26-2)9-7-14)21-22-20(23)28-11-10-27-17-5-3-4-15(13-17)19(24)25/h3-9,13H,10-12H2,1-2H3,(H,24,25). The third-order valence-electron chi connectivity index (χ3n) is 4.11. The summed E-state index contributed by atoms with van der Waals surface area (Å²) in [6, 6.07) is 14.3. The van der Waals surface area contributed by atoms with Gasteiger partial charge in [0.05, 0.1) is 19.3 Å². The average molecular weight is 399 g/mol. The number of hydrogen-bond acceptors (Lipinski definition) is 6. The molecule has 0 aliphatic heterocycles. The molecule has 2 aromatic carbocycles. The van der Waals surface area contributed by atoms with Crippen LogP contribution in [0, 0.1) is 0 Å². The van der Waals surface area contributed by atoms with E-state index in [1.54, 1.807) is 31.0 Å². The van der Waals surface area contributed by atoms with Crippen molar-refractivity contribution < 1.29 is 19.4 Å². The second-order valence-corrected chi connectivity index (χ2v) is 7.07. The predicted octanol–water partition coefficient (Wildman–Crippen LogP) is 3.28. The van der Waals surface area contributed by atoms with Crippen molar-refractivity contribution in [3.8, 4) is 11.5 Å². The van der Waals surface area contributed by atoms with Gasteiger partial charge in [0, 0.05) is 19.2 Å². The summed E-state index contributed by atoms with van der Waals surface area (Å²) in [5.74, 6) is 1.95. The van der Waals surface area contributed by atoms with Gasteiger partial charge in [-0.05, 0) is 35.9 Å². The summed E-state index contributed by atoms with van der Waals surface area (Å²) in [6.45, 7) is 0.439. The van der Waals surface area contributed by atoms with E-state index in [9.17, 15) is 4.79 Å². The van der Waals surface area contributed by atoms with Gasteiger partial charge in [0.25, 0.3) is 0 Å². The molecule has 0 saturated carbocycles. The molecule has 7 nitrogen and oxygen atoms in total. The van der Waals surface area contributed by atoms with Gasteiger partial charge in [-0.3, -0.25) is 0 Å². The number of carbonyl (C=O) groups is 1. The number of benzene rings is 2. The SMILES string of the molecule is COc1ccc(Cc2nnc(SCCOc3cccc(C(=O)O)c3)n2C)cc1. The number of ether oxygens (including phenoxy) is 2. The minimum atomic E-state index is -0.969. The van der Waals surface area contributed by atoms with Crippen molar-refractivity contribution in [2.45, 2.75) is 11.6 Å². The van der Waals surface area contributed by atoms with Crippen molar-refractivity contribution in [2.24, 2.45) is 7.05 Å². The maximum absolute atomic E-state index is 11.0. The van der Waals surface area contributed by atoms with Crippen LogP contribution in [0.25, 0.3) is 0 Å². The van der Waals surface area contributed by atoms with Crippen molar-refractivity contribution in [3.05, 3.63) is 65.5 Å². The molecule has 8 heteroatoms. The highest BCUT2D eigenvalue weighted by Gasteiger charge is 2.10. The largest absolute Gasteiger partial charge is 0.497 e. The summed E-state index contributed by atoms with van der Waals surface area (Å²) < 4.78 is 12.8. The highest BCUT2D eigenvalue weighted by Crippen LogP contribution is 2.19. The maximum Gasteiger partial charge on any atom is 0.335 e. The van der Waals surface area contributed by atoms with Crippen LogP contribution in [0.3, 0.4) is 0 Å². The second kappa shape index (κ2) is 9.27. The normalized spacial score (nSPS) is 10.6. The molecule has 0 unspecified atom stereocenters. The lowest BCUT2D eigenvalue weighted by Crippen LogP contribution is -2.04. The van der Waals surface area contributed by atoms with Gasteiger partial charge in [0.15, 0.2) is 5.16 Å². The summed E-state index contributed by atoms with van der Waals surface area (Å²) in [7, 11) is 3.59. The van der Waals surface area contributed by atoms with E-state index in [-0.39, 0.29) is 5.56 Å². The number of carboxylic acids is 1. The fraction of sp³-hybridized carbons (Fsp3) is 0.250. The first-order valence-electron chi connectivity index (χ1n) is 8.67. The molecule has 28 heavy (non-hydrogen) atoms. The van der Waals surface area contributed by atoms with Crippen LogP contribution in [0.15, 0.2) is 53.7 Å². The molecule has 1 N–H and O–H groups in total. The fourth-order valence-electron chi connectivity index (χ4n) is 2.56. The molecule has 1 aromatic heterocycles. The number of aromatic nitrogens is 3. The summed E-state index contributed by atoms with van der Waals surface area (Å²) in [5, 5.41) is 18.3. The molecular weight excluding hydrogens is 378 g/mol. The lowest BCUT2D eigenvalue weighted by molar-refractivity contribution is 0.0696. The van der Waals surface area contributed by atoms with Crippen LogP contribution in [0.2, 0.25) is 0 Å². The van der Waals surface area contributed by atoms with Crippen LogP contribution in [0.5, 0.6) is 11.5 Å². The lowest BCUT2D eigenvalue weighted by Gasteiger charge is -2.07. The van der Waals surface area contributed by atoms with E-state index >= 15 is 0 Å². The minimum Gasteiger partial charge on any atom is -0.497 e. The molecule has 0 spiro atoms. The zero-order valence-electron chi connectivity index (χ0n) is 15.7. The van der Waals surface area contributed by atoms with Gasteiger partial charge in [0.2, 0.25) is 0 Å². The van der Waals surface area contributed by atoms with Crippen molar-refractivity contribution in [1.82, 2.24) is 14.8 Å². The lowest BCUT2D eigenvalue weighted by atomic mass is 10.1. The molecule has 3 rings (SSSR count). The number of rotatable bonds is 9. The zero-order chi connectivity index (χ0) is 19.9. The van der Waals surface area contributed by atoms with Crippen LogP contribution in [-0.4, -0.2) is 45.3 Å². The number of methoxy groups -OCH3 is 1. The summed E-state index contributed by atoms with van der Waals surface area (Å²) in [6.07, 6.45) is 0.687. The molecule has 0 aliphatic carbocycles. The quantitative estimate of drug-likeness (QED) is 0.436. The maximum atomic E-state index is 11.0. The van der Waals surface area contributed by atoms with E-state index in [0.29, 0.717) is 24.5 Å². The Hall–Kier alpha value is -3.00. The van der Waals surface area contributed by atoms with E-state index in [4.69, 9.17) is 14.6 Å². The van der Waals surface area contributed by atoms with Gasteiger partial charge in [-0.15, -0.1) is 10.2 Å². The van der Waals surface area contributed by atoms with Gasteiger partial charge >= 0.3 is 5.97 Å². The predicted molar refractivity (Wildman–Crippen MR) is 106 cm³/mol. The molecule has 0 amide bonds. The number of aromatic carboxylic acids is 1. The first-order valence-corrected chi connectivity index (χ1v) is 9.65. The van der Waals surface area contributed by atoms with Gasteiger partial charge in [-0.25, -0.2) is 4.79 Å². The van der Waals surface area contributed by atoms with Crippen LogP contribution >= 0.6 is 11.8 Å².